The van der Waals surface area contributed by atoms with Crippen LogP contribution >= 0.6 is 0 Å². The summed E-state index contributed by atoms with van der Waals surface area (Å²) in [7, 11) is 0. The van der Waals surface area contributed by atoms with E-state index in [9.17, 15) is 0 Å². The van der Waals surface area contributed by atoms with Crippen molar-refractivity contribution in [3.8, 4) is 5.69 Å². The van der Waals surface area contributed by atoms with Crippen molar-refractivity contribution >= 4 is 0 Å². The summed E-state index contributed by atoms with van der Waals surface area (Å²) in [4.78, 5) is 4.80. The van der Waals surface area contributed by atoms with E-state index in [2.05, 4.69) is 42.0 Å². The van der Waals surface area contributed by atoms with Gasteiger partial charge in [0.25, 0.3) is 0 Å². The van der Waals surface area contributed by atoms with Crippen molar-refractivity contribution < 1.29 is 4.74 Å². The van der Waals surface area contributed by atoms with Gasteiger partial charge < -0.3 is 10.1 Å². The fourth-order valence-corrected chi connectivity index (χ4v) is 4.08. The Hall–Kier alpha value is -1.72. The Morgan fingerprint density at radius 3 is 2.96 bits per heavy atom. The van der Waals surface area contributed by atoms with Gasteiger partial charge in [-0.2, -0.15) is 5.10 Å². The monoisotopic (exact) mass is 326 g/mol. The second kappa shape index (κ2) is 6.30. The van der Waals surface area contributed by atoms with Gasteiger partial charge in [-0.1, -0.05) is 12.1 Å². The highest BCUT2D eigenvalue weighted by Crippen LogP contribution is 2.35. The summed E-state index contributed by atoms with van der Waals surface area (Å²) in [6.07, 6.45) is 3.66. The first-order valence-corrected chi connectivity index (χ1v) is 8.98. The second-order valence-corrected chi connectivity index (χ2v) is 7.13. The average Bonchev–Trinajstić information content (AvgIpc) is 2.98. The molecule has 0 spiro atoms. The van der Waals surface area contributed by atoms with E-state index in [1.807, 2.05) is 6.92 Å². The maximum atomic E-state index is 5.92. The number of aromatic nitrogens is 3. The minimum atomic E-state index is 0.369. The molecule has 5 nitrogen and oxygen atoms in total. The van der Waals surface area contributed by atoms with Crippen LogP contribution in [0.3, 0.4) is 0 Å². The predicted octanol–water partition coefficient (Wildman–Crippen LogP) is 2.82. The number of benzene rings is 1. The molecule has 3 atom stereocenters. The number of morpholine rings is 1. The molecular formula is C19H26N4O. The molecule has 0 radical (unpaired) electrons. The van der Waals surface area contributed by atoms with Gasteiger partial charge in [0.05, 0.1) is 18.4 Å². The number of rotatable bonds is 2. The number of hydrogen-bond donors (Lipinski definition) is 1. The molecule has 2 fully saturated rings. The van der Waals surface area contributed by atoms with E-state index in [1.54, 1.807) is 0 Å². The quantitative estimate of drug-likeness (QED) is 0.922. The van der Waals surface area contributed by atoms with E-state index in [0.717, 1.165) is 49.8 Å². The van der Waals surface area contributed by atoms with Gasteiger partial charge in [-0.25, -0.2) is 9.67 Å². The Morgan fingerprint density at radius 1 is 1.21 bits per heavy atom. The molecule has 128 valence electrons. The third-order valence-corrected chi connectivity index (χ3v) is 5.53. The Balaban J connectivity index is 1.68. The zero-order chi connectivity index (χ0) is 16.7. The first-order chi connectivity index (χ1) is 11.6. The highest BCUT2D eigenvalue weighted by Gasteiger charge is 2.35. The molecule has 1 aliphatic heterocycles. The van der Waals surface area contributed by atoms with E-state index in [1.165, 1.54) is 11.1 Å². The number of hydrogen-bond acceptors (Lipinski definition) is 4. The zero-order valence-electron chi connectivity index (χ0n) is 14.7. The topological polar surface area (TPSA) is 52.0 Å². The molecule has 1 saturated carbocycles. The molecule has 5 heteroatoms. The van der Waals surface area contributed by atoms with Crippen LogP contribution in [0.4, 0.5) is 0 Å². The maximum Gasteiger partial charge on any atom is 0.148 e. The van der Waals surface area contributed by atoms with Crippen molar-refractivity contribution in [3.05, 3.63) is 41.0 Å². The molecule has 4 rings (SSSR count). The zero-order valence-corrected chi connectivity index (χ0v) is 14.7. The summed E-state index contributed by atoms with van der Waals surface area (Å²) in [5.41, 5.74) is 3.72. The van der Waals surface area contributed by atoms with Crippen LogP contribution in [0.1, 0.15) is 48.0 Å². The van der Waals surface area contributed by atoms with Crippen molar-refractivity contribution in [1.82, 2.24) is 20.1 Å². The van der Waals surface area contributed by atoms with E-state index in [4.69, 9.17) is 14.8 Å². The van der Waals surface area contributed by atoms with Crippen molar-refractivity contribution in [1.29, 1.82) is 0 Å². The van der Waals surface area contributed by atoms with Crippen molar-refractivity contribution in [2.75, 3.05) is 13.2 Å². The molecule has 1 aliphatic carbocycles. The highest BCUT2D eigenvalue weighted by molar-refractivity contribution is 5.45. The lowest BCUT2D eigenvalue weighted by atomic mass is 9.82. The van der Waals surface area contributed by atoms with Crippen LogP contribution in [-0.4, -0.2) is 40.1 Å². The van der Waals surface area contributed by atoms with Gasteiger partial charge in [-0.3, -0.25) is 0 Å². The van der Waals surface area contributed by atoms with Crippen molar-refractivity contribution in [2.24, 2.45) is 0 Å². The minimum Gasteiger partial charge on any atom is -0.375 e. The van der Waals surface area contributed by atoms with Gasteiger partial charge in [0.1, 0.15) is 11.6 Å². The predicted molar refractivity (Wildman–Crippen MR) is 93.7 cm³/mol. The van der Waals surface area contributed by atoms with E-state index in [0.29, 0.717) is 18.1 Å². The number of nitrogens with one attached hydrogen (secondary N) is 1. The number of ether oxygens (including phenoxy) is 1. The lowest BCUT2D eigenvalue weighted by molar-refractivity contribution is -0.0280. The SMILES string of the molecule is Cc1nc([C@H]2CC[C@H]3OCCN[C@@H]3C2)n(-c2cccc(C)c2C)n1. The van der Waals surface area contributed by atoms with Crippen LogP contribution in [0.25, 0.3) is 5.69 Å². The van der Waals surface area contributed by atoms with Crippen LogP contribution in [0.2, 0.25) is 0 Å². The minimum absolute atomic E-state index is 0.369. The molecule has 1 aromatic heterocycles. The Bertz CT molecular complexity index is 739. The first kappa shape index (κ1) is 15.8. The standard InChI is InChI=1S/C19H26N4O/c1-12-5-4-6-17(13(12)2)23-19(21-14(3)22-23)15-7-8-18-16(11-15)20-9-10-24-18/h4-6,15-16,18,20H,7-11H2,1-3H3/t15-,16+,18+/m0/s1. The molecule has 0 bridgehead atoms. The third-order valence-electron chi connectivity index (χ3n) is 5.53. The summed E-state index contributed by atoms with van der Waals surface area (Å²) >= 11 is 0. The van der Waals surface area contributed by atoms with Crippen LogP contribution in [0.15, 0.2) is 18.2 Å². The Labute approximate surface area is 143 Å². The first-order valence-electron chi connectivity index (χ1n) is 8.98. The van der Waals surface area contributed by atoms with Crippen LogP contribution in [0, 0.1) is 20.8 Å². The van der Waals surface area contributed by atoms with Crippen molar-refractivity contribution in [2.45, 2.75) is 58.1 Å². The smallest absolute Gasteiger partial charge is 0.148 e. The number of nitrogens with zero attached hydrogens (tertiary/aromatic N) is 3. The van der Waals surface area contributed by atoms with Gasteiger partial charge in [-0.05, 0) is 57.2 Å². The molecule has 24 heavy (non-hydrogen) atoms. The molecule has 2 heterocycles. The average molecular weight is 326 g/mol. The number of aryl methyl sites for hydroxylation is 2. The Morgan fingerprint density at radius 2 is 2.08 bits per heavy atom. The van der Waals surface area contributed by atoms with Crippen molar-refractivity contribution in [3.63, 3.8) is 0 Å². The molecule has 2 aliphatic rings. The van der Waals surface area contributed by atoms with Crippen LogP contribution in [-0.2, 0) is 4.74 Å². The van der Waals surface area contributed by atoms with E-state index in [-0.39, 0.29) is 0 Å². The normalized spacial score (nSPS) is 27.0. The van der Waals surface area contributed by atoms with E-state index >= 15 is 0 Å². The molecule has 1 aromatic carbocycles. The van der Waals surface area contributed by atoms with Gasteiger partial charge in [0, 0.05) is 18.5 Å². The highest BCUT2D eigenvalue weighted by atomic mass is 16.5. The summed E-state index contributed by atoms with van der Waals surface area (Å²) in [6.45, 7) is 8.09. The fourth-order valence-electron chi connectivity index (χ4n) is 4.08. The summed E-state index contributed by atoms with van der Waals surface area (Å²) < 4.78 is 7.99. The molecule has 0 unspecified atom stereocenters. The largest absolute Gasteiger partial charge is 0.375 e. The number of fused-ring (bicyclic) bond motifs is 1. The maximum absolute atomic E-state index is 5.92. The lowest BCUT2D eigenvalue weighted by Gasteiger charge is -2.39. The second-order valence-electron chi connectivity index (χ2n) is 7.13. The molecular weight excluding hydrogens is 300 g/mol. The van der Waals surface area contributed by atoms with Crippen LogP contribution < -0.4 is 5.32 Å². The van der Waals surface area contributed by atoms with Gasteiger partial charge in [0.2, 0.25) is 0 Å². The summed E-state index contributed by atoms with van der Waals surface area (Å²) in [5, 5.41) is 8.34. The third kappa shape index (κ3) is 2.76. The fraction of sp³-hybridized carbons (Fsp3) is 0.579. The molecule has 1 saturated heterocycles. The lowest BCUT2D eigenvalue weighted by Crippen LogP contribution is -2.51. The molecule has 1 N–H and O–H groups in total. The van der Waals surface area contributed by atoms with Gasteiger partial charge in [-0.15, -0.1) is 0 Å². The van der Waals surface area contributed by atoms with Gasteiger partial charge in [0.15, 0.2) is 0 Å². The summed E-state index contributed by atoms with van der Waals surface area (Å²) in [6, 6.07) is 6.84. The van der Waals surface area contributed by atoms with Crippen LogP contribution in [0.5, 0.6) is 0 Å². The molecule has 2 aromatic rings. The Kier molecular flexibility index (Phi) is 4.14. The summed E-state index contributed by atoms with van der Waals surface area (Å²) in [5.74, 6) is 2.38. The van der Waals surface area contributed by atoms with E-state index < -0.39 is 0 Å². The molecule has 0 amide bonds. The van der Waals surface area contributed by atoms with Gasteiger partial charge >= 0.3 is 0 Å².